The highest BCUT2D eigenvalue weighted by atomic mass is 32.2. The van der Waals surface area contributed by atoms with Crippen molar-refractivity contribution in [2.24, 2.45) is 0 Å². The number of imidazole rings is 1. The first-order valence-corrected chi connectivity index (χ1v) is 5.84. The average Bonchev–Trinajstić information content (AvgIpc) is 2.53. The number of carbonyl (C=O) groups is 1. The first kappa shape index (κ1) is 9.16. The Bertz CT molecular complexity index is 703. The number of nitrogens with zero attached hydrogens (tertiary/aromatic N) is 2. The molecule has 0 saturated heterocycles. The molecule has 3 rings (SSSR count). The van der Waals surface area contributed by atoms with E-state index in [1.165, 1.54) is 0 Å². The fraction of sp³-hybridized carbons (Fsp3) is 0. The molecule has 2 heterocycles. The lowest BCUT2D eigenvalue weighted by Gasteiger charge is -2.16. The molecule has 7 nitrogen and oxygen atoms in total. The highest BCUT2D eigenvalue weighted by Gasteiger charge is 2.29. The maximum Gasteiger partial charge on any atom is 0.336 e. The van der Waals surface area contributed by atoms with Crippen molar-refractivity contribution in [2.45, 2.75) is 0 Å². The maximum absolute atomic E-state index is 11.7. The number of aromatic nitrogens is 2. The molecule has 2 amide bonds. The molecule has 0 atom stereocenters. The predicted molar refractivity (Wildman–Crippen MR) is 56.2 cm³/mol. The largest absolute Gasteiger partial charge is 0.336 e. The normalized spacial score (nSPS) is 17.6. The number of anilines is 1. The van der Waals surface area contributed by atoms with Crippen molar-refractivity contribution in [3.8, 4) is 0 Å². The first-order chi connectivity index (χ1) is 7.58. The molecule has 0 unspecified atom stereocenters. The number of hydrogen-bond acceptors (Lipinski definition) is 4. The van der Waals surface area contributed by atoms with Gasteiger partial charge in [-0.05, 0) is 12.1 Å². The molecule has 2 aromatic rings. The molecule has 0 radical (unpaired) electrons. The zero-order chi connectivity index (χ0) is 11.3. The van der Waals surface area contributed by atoms with Gasteiger partial charge in [0.05, 0.1) is 11.0 Å². The lowest BCUT2D eigenvalue weighted by Crippen LogP contribution is -2.43. The number of urea groups is 1. The maximum atomic E-state index is 11.7. The molecule has 0 aliphatic carbocycles. The van der Waals surface area contributed by atoms with E-state index in [1.807, 2.05) is 4.72 Å². The Kier molecular flexibility index (Phi) is 1.56. The van der Waals surface area contributed by atoms with E-state index in [0.717, 1.165) is 3.97 Å². The van der Waals surface area contributed by atoms with Gasteiger partial charge in [0.2, 0.25) is 5.95 Å². The number of para-hydroxylation sites is 2. The van der Waals surface area contributed by atoms with Crippen LogP contribution in [0.25, 0.3) is 11.0 Å². The zero-order valence-corrected chi connectivity index (χ0v) is 8.65. The van der Waals surface area contributed by atoms with Crippen LogP contribution < -0.4 is 10.0 Å². The molecule has 2 N–H and O–H groups in total. The molecule has 82 valence electrons. The lowest BCUT2D eigenvalue weighted by molar-refractivity contribution is 0.256. The summed E-state index contributed by atoms with van der Waals surface area (Å²) in [6, 6.07) is 5.92. The van der Waals surface area contributed by atoms with Crippen LogP contribution >= 0.6 is 0 Å². The van der Waals surface area contributed by atoms with Crippen molar-refractivity contribution in [1.29, 1.82) is 0 Å². The fourth-order valence-electron chi connectivity index (χ4n) is 1.62. The quantitative estimate of drug-likeness (QED) is 0.688. The van der Waals surface area contributed by atoms with Crippen LogP contribution in [-0.2, 0) is 10.2 Å². The zero-order valence-electron chi connectivity index (χ0n) is 7.84. The van der Waals surface area contributed by atoms with E-state index in [9.17, 15) is 13.2 Å². The predicted octanol–water partition coefficient (Wildman–Crippen LogP) is 0.264. The van der Waals surface area contributed by atoms with Gasteiger partial charge in [0.25, 0.3) is 0 Å². The summed E-state index contributed by atoms with van der Waals surface area (Å²) in [5.41, 5.74) is 0.926. The lowest BCUT2D eigenvalue weighted by atomic mass is 10.3. The number of fused-ring (bicyclic) bond motifs is 3. The van der Waals surface area contributed by atoms with E-state index in [4.69, 9.17) is 0 Å². The van der Waals surface area contributed by atoms with Gasteiger partial charge in [-0.25, -0.2) is 14.5 Å². The molecule has 0 fully saturated rings. The number of nitrogens with one attached hydrogen (secondary N) is 2. The minimum atomic E-state index is -3.88. The third kappa shape index (κ3) is 1.10. The van der Waals surface area contributed by atoms with Crippen LogP contribution in [0.4, 0.5) is 10.7 Å². The molecule has 0 bridgehead atoms. The summed E-state index contributed by atoms with van der Waals surface area (Å²) in [6.45, 7) is 0. The summed E-state index contributed by atoms with van der Waals surface area (Å²) in [4.78, 5) is 15.1. The van der Waals surface area contributed by atoms with Crippen LogP contribution in [0.5, 0.6) is 0 Å². The van der Waals surface area contributed by atoms with Crippen LogP contribution in [0.2, 0.25) is 0 Å². The Hall–Kier alpha value is -2.09. The fourth-order valence-corrected chi connectivity index (χ4v) is 2.72. The van der Waals surface area contributed by atoms with Crippen molar-refractivity contribution in [3.05, 3.63) is 24.3 Å². The van der Waals surface area contributed by atoms with E-state index in [1.54, 1.807) is 24.3 Å². The molecular formula is C8H6N4O3S. The van der Waals surface area contributed by atoms with Gasteiger partial charge in [-0.3, -0.25) is 5.32 Å². The first-order valence-electron chi connectivity index (χ1n) is 4.40. The second-order valence-corrected chi connectivity index (χ2v) is 4.77. The van der Waals surface area contributed by atoms with Gasteiger partial charge >= 0.3 is 16.2 Å². The summed E-state index contributed by atoms with van der Waals surface area (Å²) >= 11 is 0. The number of carbonyl (C=O) groups excluding carboxylic acids is 1. The van der Waals surface area contributed by atoms with Crippen molar-refractivity contribution in [2.75, 3.05) is 5.32 Å². The standard InChI is InChI=1S/C8H6N4O3S/c13-8-10-7-9-5-3-1-2-4-6(5)12(7)16(14,15)11-8/h1-4H,(H2,9,10,11,13). The Morgan fingerprint density at radius 2 is 2.00 bits per heavy atom. The van der Waals surface area contributed by atoms with E-state index >= 15 is 0 Å². The smallest absolute Gasteiger partial charge is 0.276 e. The van der Waals surface area contributed by atoms with Crippen molar-refractivity contribution in [1.82, 2.24) is 13.7 Å². The van der Waals surface area contributed by atoms with Gasteiger partial charge in [-0.15, -0.1) is 0 Å². The Morgan fingerprint density at radius 3 is 2.81 bits per heavy atom. The van der Waals surface area contributed by atoms with Gasteiger partial charge in [-0.1, -0.05) is 12.1 Å². The SMILES string of the molecule is O=C1Nc2nc3ccccc3n2S(=O)(=O)N1. The van der Waals surface area contributed by atoms with E-state index in [2.05, 4.69) is 10.3 Å². The molecule has 16 heavy (non-hydrogen) atoms. The van der Waals surface area contributed by atoms with Gasteiger partial charge in [0.1, 0.15) is 0 Å². The van der Waals surface area contributed by atoms with Gasteiger partial charge in [-0.2, -0.15) is 12.4 Å². The van der Waals surface area contributed by atoms with Crippen molar-refractivity contribution < 1.29 is 13.2 Å². The topological polar surface area (TPSA) is 93.1 Å². The molecule has 8 heteroatoms. The Balaban J connectivity index is 2.46. The molecule has 0 saturated carbocycles. The highest BCUT2D eigenvalue weighted by Crippen LogP contribution is 2.23. The second-order valence-electron chi connectivity index (χ2n) is 3.25. The van der Waals surface area contributed by atoms with Crippen LogP contribution in [0.15, 0.2) is 24.3 Å². The van der Waals surface area contributed by atoms with Crippen molar-refractivity contribution in [3.63, 3.8) is 0 Å². The van der Waals surface area contributed by atoms with E-state index < -0.39 is 16.2 Å². The molecule has 1 aromatic carbocycles. The number of benzene rings is 1. The molecule has 0 spiro atoms. The third-order valence-electron chi connectivity index (χ3n) is 2.21. The average molecular weight is 238 g/mol. The molecular weight excluding hydrogens is 232 g/mol. The van der Waals surface area contributed by atoms with Gasteiger partial charge < -0.3 is 0 Å². The minimum absolute atomic E-state index is 0.00458. The summed E-state index contributed by atoms with van der Waals surface area (Å²) in [5, 5.41) is 2.33. The molecule has 1 aliphatic rings. The van der Waals surface area contributed by atoms with Gasteiger partial charge in [0.15, 0.2) is 0 Å². The summed E-state index contributed by atoms with van der Waals surface area (Å²) in [7, 11) is -3.88. The van der Waals surface area contributed by atoms with E-state index in [0.29, 0.717) is 11.0 Å². The van der Waals surface area contributed by atoms with E-state index in [-0.39, 0.29) is 5.95 Å². The van der Waals surface area contributed by atoms with Crippen LogP contribution in [0.1, 0.15) is 0 Å². The van der Waals surface area contributed by atoms with Crippen LogP contribution in [0.3, 0.4) is 0 Å². The van der Waals surface area contributed by atoms with Crippen molar-refractivity contribution >= 4 is 33.2 Å². The minimum Gasteiger partial charge on any atom is -0.276 e. The second kappa shape index (κ2) is 2.73. The van der Waals surface area contributed by atoms with Gasteiger partial charge in [0, 0.05) is 0 Å². The monoisotopic (exact) mass is 238 g/mol. The molecule has 1 aliphatic heterocycles. The summed E-state index contributed by atoms with van der Waals surface area (Å²) in [5.74, 6) is 0.00458. The number of rotatable bonds is 0. The molecule has 1 aromatic heterocycles. The number of amides is 2. The summed E-state index contributed by atoms with van der Waals surface area (Å²) < 4.78 is 26.2. The third-order valence-corrected chi connectivity index (χ3v) is 3.50. The van der Waals surface area contributed by atoms with Crippen LogP contribution in [0, 0.1) is 0 Å². The Morgan fingerprint density at radius 1 is 1.25 bits per heavy atom. The van der Waals surface area contributed by atoms with Crippen LogP contribution in [-0.4, -0.2) is 23.4 Å². The summed E-state index contributed by atoms with van der Waals surface area (Å²) in [6.07, 6.45) is 0. The Labute approximate surface area is 90.3 Å². The highest BCUT2D eigenvalue weighted by molar-refractivity contribution is 7.89. The number of hydrogen-bond donors (Lipinski definition) is 2.